The molecule has 0 saturated carbocycles. The number of ether oxygens (including phenoxy) is 1. The van der Waals surface area contributed by atoms with Crippen LogP contribution in [0.15, 0.2) is 24.5 Å². The first-order chi connectivity index (χ1) is 9.19. The number of fused-ring (bicyclic) bond motifs is 1. The van der Waals surface area contributed by atoms with E-state index in [4.69, 9.17) is 10.5 Å². The zero-order valence-electron chi connectivity index (χ0n) is 11.1. The Morgan fingerprint density at radius 2 is 2.00 bits per heavy atom. The Bertz CT molecular complexity index is 627. The van der Waals surface area contributed by atoms with Gasteiger partial charge in [-0.3, -0.25) is 0 Å². The van der Waals surface area contributed by atoms with Crippen molar-refractivity contribution in [2.24, 2.45) is 0 Å². The maximum atomic E-state index is 5.83. The third kappa shape index (κ3) is 1.97. The number of hydrogen-bond donors (Lipinski definition) is 1. The van der Waals surface area contributed by atoms with E-state index in [-0.39, 0.29) is 0 Å². The van der Waals surface area contributed by atoms with Crippen LogP contribution in [0.1, 0.15) is 16.7 Å². The number of hydrogen-bond acceptors (Lipinski definition) is 5. The summed E-state index contributed by atoms with van der Waals surface area (Å²) in [6.45, 7) is 3.64. The minimum atomic E-state index is 0.625. The molecule has 0 bridgehead atoms. The van der Waals surface area contributed by atoms with E-state index < -0.39 is 0 Å². The van der Waals surface area contributed by atoms with Gasteiger partial charge in [-0.25, -0.2) is 9.97 Å². The first-order valence-corrected chi connectivity index (χ1v) is 6.17. The standard InChI is InChI=1S/C14H16N4O/c1-9-13(16-8-17-14(9)19-2)18-6-10-3-4-12(15)5-11(10)7-18/h3-5,8H,6-7,15H2,1-2H3. The molecule has 0 atom stereocenters. The maximum Gasteiger partial charge on any atom is 0.221 e. The van der Waals surface area contributed by atoms with E-state index in [1.54, 1.807) is 13.4 Å². The molecule has 2 heterocycles. The average molecular weight is 256 g/mol. The third-order valence-corrected chi connectivity index (χ3v) is 3.46. The molecule has 2 N–H and O–H groups in total. The fourth-order valence-corrected chi connectivity index (χ4v) is 2.51. The van der Waals surface area contributed by atoms with Gasteiger partial charge in [0.2, 0.25) is 5.88 Å². The Hall–Kier alpha value is -2.30. The lowest BCUT2D eigenvalue weighted by atomic mass is 10.1. The zero-order valence-corrected chi connectivity index (χ0v) is 11.1. The van der Waals surface area contributed by atoms with Crippen molar-refractivity contribution in [3.8, 4) is 5.88 Å². The fraction of sp³-hybridized carbons (Fsp3) is 0.286. The molecule has 0 unspecified atom stereocenters. The number of anilines is 2. The second kappa shape index (κ2) is 4.42. The monoisotopic (exact) mass is 256 g/mol. The number of nitrogens with zero attached hydrogens (tertiary/aromatic N) is 3. The van der Waals surface area contributed by atoms with Crippen LogP contribution < -0.4 is 15.4 Å². The molecule has 0 aliphatic carbocycles. The molecular formula is C14H16N4O. The van der Waals surface area contributed by atoms with Gasteiger partial charge in [0.15, 0.2) is 0 Å². The summed E-state index contributed by atoms with van der Waals surface area (Å²) < 4.78 is 5.24. The summed E-state index contributed by atoms with van der Waals surface area (Å²) in [5.74, 6) is 1.54. The normalized spacial score (nSPS) is 13.5. The number of aromatic nitrogens is 2. The average Bonchev–Trinajstić information content (AvgIpc) is 2.81. The van der Waals surface area contributed by atoms with Crippen LogP contribution in [0.2, 0.25) is 0 Å². The zero-order chi connectivity index (χ0) is 13.4. The number of benzene rings is 1. The second-order valence-electron chi connectivity index (χ2n) is 4.72. The molecule has 5 nitrogen and oxygen atoms in total. The largest absolute Gasteiger partial charge is 0.481 e. The minimum absolute atomic E-state index is 0.625. The Balaban J connectivity index is 1.95. The van der Waals surface area contributed by atoms with Crippen LogP contribution in [-0.2, 0) is 13.1 Å². The highest BCUT2D eigenvalue weighted by Crippen LogP contribution is 2.32. The van der Waals surface area contributed by atoms with E-state index in [1.807, 2.05) is 19.1 Å². The molecule has 0 fully saturated rings. The van der Waals surface area contributed by atoms with Crippen LogP contribution in [0.3, 0.4) is 0 Å². The Kier molecular flexibility index (Phi) is 2.74. The topological polar surface area (TPSA) is 64.3 Å². The summed E-state index contributed by atoms with van der Waals surface area (Å²) in [5, 5.41) is 0. The SMILES string of the molecule is COc1ncnc(N2Cc3ccc(N)cc3C2)c1C. The smallest absolute Gasteiger partial charge is 0.221 e. The van der Waals surface area contributed by atoms with Crippen LogP contribution in [-0.4, -0.2) is 17.1 Å². The van der Waals surface area contributed by atoms with E-state index in [2.05, 4.69) is 20.9 Å². The highest BCUT2D eigenvalue weighted by molar-refractivity contribution is 5.56. The summed E-state index contributed by atoms with van der Waals surface area (Å²) >= 11 is 0. The van der Waals surface area contributed by atoms with Crippen LogP contribution in [0.4, 0.5) is 11.5 Å². The van der Waals surface area contributed by atoms with Crippen LogP contribution >= 0.6 is 0 Å². The van der Waals surface area contributed by atoms with Gasteiger partial charge >= 0.3 is 0 Å². The second-order valence-corrected chi connectivity index (χ2v) is 4.72. The molecule has 98 valence electrons. The third-order valence-electron chi connectivity index (χ3n) is 3.46. The summed E-state index contributed by atoms with van der Waals surface area (Å²) in [7, 11) is 1.62. The highest BCUT2D eigenvalue weighted by atomic mass is 16.5. The molecule has 19 heavy (non-hydrogen) atoms. The van der Waals surface area contributed by atoms with Crippen molar-refractivity contribution in [1.82, 2.24) is 9.97 Å². The van der Waals surface area contributed by atoms with Gasteiger partial charge in [0.05, 0.1) is 12.7 Å². The van der Waals surface area contributed by atoms with Gasteiger partial charge in [-0.05, 0) is 30.2 Å². The quantitative estimate of drug-likeness (QED) is 0.831. The highest BCUT2D eigenvalue weighted by Gasteiger charge is 2.22. The molecule has 0 spiro atoms. The molecule has 1 aromatic carbocycles. The lowest BCUT2D eigenvalue weighted by molar-refractivity contribution is 0.393. The molecule has 3 rings (SSSR count). The molecular weight excluding hydrogens is 240 g/mol. The Morgan fingerprint density at radius 3 is 2.79 bits per heavy atom. The first-order valence-electron chi connectivity index (χ1n) is 6.17. The van der Waals surface area contributed by atoms with Crippen LogP contribution in [0.25, 0.3) is 0 Å². The van der Waals surface area contributed by atoms with E-state index in [1.165, 1.54) is 11.1 Å². The molecule has 0 saturated heterocycles. The Morgan fingerprint density at radius 1 is 1.21 bits per heavy atom. The van der Waals surface area contributed by atoms with E-state index in [0.717, 1.165) is 30.2 Å². The van der Waals surface area contributed by atoms with Gasteiger partial charge in [0.1, 0.15) is 12.1 Å². The van der Waals surface area contributed by atoms with E-state index in [9.17, 15) is 0 Å². The van der Waals surface area contributed by atoms with Gasteiger partial charge in [0.25, 0.3) is 0 Å². The number of rotatable bonds is 2. The van der Waals surface area contributed by atoms with Crippen molar-refractivity contribution in [3.05, 3.63) is 41.2 Å². The number of nitrogen functional groups attached to an aromatic ring is 1. The fourth-order valence-electron chi connectivity index (χ4n) is 2.51. The molecule has 1 aliphatic heterocycles. The van der Waals surface area contributed by atoms with E-state index in [0.29, 0.717) is 5.88 Å². The lowest BCUT2D eigenvalue weighted by Crippen LogP contribution is -2.17. The van der Waals surface area contributed by atoms with Crippen molar-refractivity contribution in [2.75, 3.05) is 17.7 Å². The van der Waals surface area contributed by atoms with Gasteiger partial charge < -0.3 is 15.4 Å². The van der Waals surface area contributed by atoms with Crippen LogP contribution in [0, 0.1) is 6.92 Å². The van der Waals surface area contributed by atoms with Crippen molar-refractivity contribution in [3.63, 3.8) is 0 Å². The molecule has 0 radical (unpaired) electrons. The van der Waals surface area contributed by atoms with Gasteiger partial charge in [0, 0.05) is 18.8 Å². The first kappa shape index (κ1) is 11.8. The predicted molar refractivity (Wildman–Crippen MR) is 74.1 cm³/mol. The predicted octanol–water partition coefficient (Wildman–Crippen LogP) is 1.90. The number of methoxy groups -OCH3 is 1. The molecule has 5 heteroatoms. The molecule has 1 aromatic heterocycles. The molecule has 1 aliphatic rings. The van der Waals surface area contributed by atoms with E-state index >= 15 is 0 Å². The van der Waals surface area contributed by atoms with Crippen molar-refractivity contribution in [2.45, 2.75) is 20.0 Å². The summed E-state index contributed by atoms with van der Waals surface area (Å²) in [5.41, 5.74) is 10.2. The molecule has 2 aromatic rings. The lowest BCUT2D eigenvalue weighted by Gasteiger charge is -2.19. The summed E-state index contributed by atoms with van der Waals surface area (Å²) in [6.07, 6.45) is 1.54. The van der Waals surface area contributed by atoms with Gasteiger partial charge in [-0.15, -0.1) is 0 Å². The number of nitrogens with two attached hydrogens (primary N) is 1. The van der Waals surface area contributed by atoms with Crippen LogP contribution in [0.5, 0.6) is 5.88 Å². The van der Waals surface area contributed by atoms with Gasteiger partial charge in [-0.1, -0.05) is 6.07 Å². The van der Waals surface area contributed by atoms with Crippen molar-refractivity contribution >= 4 is 11.5 Å². The summed E-state index contributed by atoms with van der Waals surface area (Å²) in [6, 6.07) is 6.05. The van der Waals surface area contributed by atoms with Gasteiger partial charge in [-0.2, -0.15) is 0 Å². The minimum Gasteiger partial charge on any atom is -0.481 e. The van der Waals surface area contributed by atoms with Crippen molar-refractivity contribution < 1.29 is 4.74 Å². The Labute approximate surface area is 112 Å². The maximum absolute atomic E-state index is 5.83. The summed E-state index contributed by atoms with van der Waals surface area (Å²) in [4.78, 5) is 10.7. The van der Waals surface area contributed by atoms with Crippen molar-refractivity contribution in [1.29, 1.82) is 0 Å². The molecule has 0 amide bonds.